The number of aliphatic carboxylic acids is 1. The molecular formula is C15H23F3N2O4. The van der Waals surface area contributed by atoms with Gasteiger partial charge in [0.25, 0.3) is 0 Å². The number of hydrogen-bond acceptors (Lipinski definition) is 3. The predicted molar refractivity (Wildman–Crippen MR) is 78.4 cm³/mol. The third-order valence-electron chi connectivity index (χ3n) is 4.90. The second kappa shape index (κ2) is 7.16. The van der Waals surface area contributed by atoms with E-state index in [4.69, 9.17) is 9.84 Å². The minimum Gasteiger partial charge on any atom is -0.481 e. The van der Waals surface area contributed by atoms with Crippen LogP contribution >= 0.6 is 0 Å². The molecule has 0 aromatic rings. The maximum atomic E-state index is 12.9. The molecule has 2 fully saturated rings. The highest BCUT2D eigenvalue weighted by Gasteiger charge is 2.53. The van der Waals surface area contributed by atoms with Gasteiger partial charge in [-0.05, 0) is 31.6 Å². The summed E-state index contributed by atoms with van der Waals surface area (Å²) in [6.07, 6.45) is -1.94. The fourth-order valence-corrected chi connectivity index (χ4v) is 3.05. The molecule has 6 nitrogen and oxygen atoms in total. The van der Waals surface area contributed by atoms with E-state index in [1.807, 2.05) is 6.92 Å². The molecule has 1 saturated carbocycles. The van der Waals surface area contributed by atoms with Crippen molar-refractivity contribution in [1.29, 1.82) is 0 Å². The van der Waals surface area contributed by atoms with Gasteiger partial charge in [0.1, 0.15) is 0 Å². The number of carboxylic acid groups (broad SMARTS) is 1. The molecule has 2 atom stereocenters. The van der Waals surface area contributed by atoms with Crippen LogP contribution in [0.4, 0.5) is 18.0 Å². The van der Waals surface area contributed by atoms with Crippen molar-refractivity contribution in [2.24, 2.45) is 17.3 Å². The van der Waals surface area contributed by atoms with Gasteiger partial charge in [-0.1, -0.05) is 0 Å². The first-order valence-corrected chi connectivity index (χ1v) is 8.08. The average Bonchev–Trinajstić information content (AvgIpc) is 3.09. The number of rotatable bonds is 7. The highest BCUT2D eigenvalue weighted by Crippen LogP contribution is 2.48. The van der Waals surface area contributed by atoms with Crippen LogP contribution in [0.1, 0.15) is 26.2 Å². The van der Waals surface area contributed by atoms with Crippen molar-refractivity contribution < 1.29 is 32.6 Å². The lowest BCUT2D eigenvalue weighted by molar-refractivity contribution is -0.187. The highest BCUT2D eigenvalue weighted by molar-refractivity contribution is 5.77. The van der Waals surface area contributed by atoms with Gasteiger partial charge >= 0.3 is 18.2 Å². The number of urea groups is 1. The van der Waals surface area contributed by atoms with Crippen molar-refractivity contribution >= 4 is 12.0 Å². The molecule has 1 aliphatic carbocycles. The molecular weight excluding hydrogens is 329 g/mol. The first-order valence-electron chi connectivity index (χ1n) is 8.08. The third kappa shape index (κ3) is 4.52. The summed E-state index contributed by atoms with van der Waals surface area (Å²) in [6, 6.07) is -0.629. The molecule has 1 aliphatic heterocycles. The lowest BCUT2D eigenvalue weighted by Gasteiger charge is -2.21. The summed E-state index contributed by atoms with van der Waals surface area (Å²) in [4.78, 5) is 24.1. The number of amides is 2. The zero-order valence-electron chi connectivity index (χ0n) is 13.6. The Morgan fingerprint density at radius 2 is 2.00 bits per heavy atom. The van der Waals surface area contributed by atoms with Gasteiger partial charge in [-0.3, -0.25) is 4.79 Å². The molecule has 2 amide bonds. The van der Waals surface area contributed by atoms with Crippen LogP contribution in [0.2, 0.25) is 0 Å². The smallest absolute Gasteiger partial charge is 0.394 e. The lowest BCUT2D eigenvalue weighted by atomic mass is 9.96. The van der Waals surface area contributed by atoms with Crippen LogP contribution in [-0.2, 0) is 9.53 Å². The molecule has 9 heteroatoms. The fraction of sp³-hybridized carbons (Fsp3) is 0.867. The fourth-order valence-electron chi connectivity index (χ4n) is 3.05. The average molecular weight is 352 g/mol. The molecule has 2 N–H and O–H groups in total. The molecule has 1 saturated heterocycles. The van der Waals surface area contributed by atoms with Crippen LogP contribution in [-0.4, -0.2) is 61.0 Å². The van der Waals surface area contributed by atoms with Crippen LogP contribution in [0.25, 0.3) is 0 Å². The maximum absolute atomic E-state index is 12.9. The Morgan fingerprint density at radius 3 is 2.46 bits per heavy atom. The van der Waals surface area contributed by atoms with Crippen molar-refractivity contribution in [3.63, 3.8) is 0 Å². The predicted octanol–water partition coefficient (Wildman–Crippen LogP) is 2.10. The van der Waals surface area contributed by atoms with E-state index < -0.39 is 43.1 Å². The number of likely N-dealkylation sites (tertiary alicyclic amines) is 1. The van der Waals surface area contributed by atoms with Crippen molar-refractivity contribution in [2.45, 2.75) is 32.4 Å². The van der Waals surface area contributed by atoms with Crippen LogP contribution in [0.3, 0.4) is 0 Å². The number of nitrogens with zero attached hydrogens (tertiary/aromatic N) is 1. The zero-order valence-corrected chi connectivity index (χ0v) is 13.6. The highest BCUT2D eigenvalue weighted by atomic mass is 19.4. The molecule has 0 spiro atoms. The summed E-state index contributed by atoms with van der Waals surface area (Å²) in [5.74, 6) is -5.15. The Bertz CT molecular complexity index is 480. The first kappa shape index (κ1) is 18.8. The quantitative estimate of drug-likeness (QED) is 0.688. The summed E-state index contributed by atoms with van der Waals surface area (Å²) < 4.78 is 44.1. The summed E-state index contributed by atoms with van der Waals surface area (Å²) >= 11 is 0. The van der Waals surface area contributed by atoms with Crippen LogP contribution in [0.15, 0.2) is 0 Å². The van der Waals surface area contributed by atoms with Crippen molar-refractivity contribution in [2.75, 3.05) is 32.8 Å². The van der Waals surface area contributed by atoms with Gasteiger partial charge in [-0.25, -0.2) is 4.79 Å². The van der Waals surface area contributed by atoms with Gasteiger partial charge in [0.05, 0.1) is 11.8 Å². The molecule has 24 heavy (non-hydrogen) atoms. The van der Waals surface area contributed by atoms with Gasteiger partial charge in [0.2, 0.25) is 0 Å². The molecule has 0 radical (unpaired) electrons. The van der Waals surface area contributed by atoms with E-state index in [1.165, 1.54) is 0 Å². The molecule has 0 aromatic heterocycles. The minimum absolute atomic E-state index is 0.0276. The van der Waals surface area contributed by atoms with Crippen LogP contribution in [0.5, 0.6) is 0 Å². The zero-order chi connectivity index (χ0) is 18.0. The monoisotopic (exact) mass is 352 g/mol. The standard InChI is InChI=1S/C15H23F3N2O4/c1-2-24-6-5-14(3-4-14)9-19-13(23)20-7-10(12(21)22)11(8-20)15(16,17)18/h10-11H,2-9H2,1H3,(H,19,23)(H,21,22)/t10-,11-/m1/s1. The summed E-state index contributed by atoms with van der Waals surface area (Å²) in [5, 5.41) is 11.6. The Kier molecular flexibility index (Phi) is 5.62. The second-order valence-electron chi connectivity index (χ2n) is 6.60. The molecule has 0 aromatic carbocycles. The Hall–Kier alpha value is -1.51. The minimum atomic E-state index is -4.63. The van der Waals surface area contributed by atoms with E-state index in [1.54, 1.807) is 0 Å². The van der Waals surface area contributed by atoms with E-state index in [9.17, 15) is 22.8 Å². The van der Waals surface area contributed by atoms with Crippen molar-refractivity contribution in [3.05, 3.63) is 0 Å². The van der Waals surface area contributed by atoms with Gasteiger partial charge < -0.3 is 20.1 Å². The van der Waals surface area contributed by atoms with E-state index in [-0.39, 0.29) is 5.41 Å². The van der Waals surface area contributed by atoms with Gasteiger partial charge in [0, 0.05) is 32.8 Å². The van der Waals surface area contributed by atoms with Gasteiger partial charge in [-0.15, -0.1) is 0 Å². The normalized spacial score (nSPS) is 25.6. The summed E-state index contributed by atoms with van der Waals surface area (Å²) in [6.45, 7) is 2.45. The van der Waals surface area contributed by atoms with E-state index >= 15 is 0 Å². The van der Waals surface area contributed by atoms with Gasteiger partial charge in [0.15, 0.2) is 0 Å². The third-order valence-corrected chi connectivity index (χ3v) is 4.90. The van der Waals surface area contributed by atoms with Crippen molar-refractivity contribution in [1.82, 2.24) is 10.2 Å². The summed E-state index contributed by atoms with van der Waals surface area (Å²) in [5.41, 5.74) is -0.0276. The van der Waals surface area contributed by atoms with E-state index in [0.717, 1.165) is 24.2 Å². The Labute approximate surface area is 138 Å². The summed E-state index contributed by atoms with van der Waals surface area (Å²) in [7, 11) is 0. The van der Waals surface area contributed by atoms with E-state index in [0.29, 0.717) is 19.8 Å². The number of nitrogens with one attached hydrogen (secondary N) is 1. The molecule has 2 rings (SSSR count). The first-order chi connectivity index (χ1) is 11.2. The number of carbonyl (C=O) groups is 2. The largest absolute Gasteiger partial charge is 0.481 e. The number of carboxylic acids is 1. The molecule has 2 aliphatic rings. The number of alkyl halides is 3. The van der Waals surface area contributed by atoms with E-state index in [2.05, 4.69) is 5.32 Å². The number of hydrogen-bond donors (Lipinski definition) is 2. The molecule has 138 valence electrons. The maximum Gasteiger partial charge on any atom is 0.394 e. The topological polar surface area (TPSA) is 78.9 Å². The molecule has 0 unspecified atom stereocenters. The lowest BCUT2D eigenvalue weighted by Crippen LogP contribution is -2.42. The second-order valence-corrected chi connectivity index (χ2v) is 6.60. The van der Waals surface area contributed by atoms with Crippen molar-refractivity contribution in [3.8, 4) is 0 Å². The van der Waals surface area contributed by atoms with Crippen LogP contribution < -0.4 is 5.32 Å². The Morgan fingerprint density at radius 1 is 1.33 bits per heavy atom. The molecule has 0 bridgehead atoms. The number of halogens is 3. The molecule has 1 heterocycles. The Balaban J connectivity index is 1.86. The number of carbonyl (C=O) groups excluding carboxylic acids is 1. The van der Waals surface area contributed by atoms with Crippen LogP contribution in [0, 0.1) is 17.3 Å². The number of ether oxygens (including phenoxy) is 1. The van der Waals surface area contributed by atoms with Gasteiger partial charge in [-0.2, -0.15) is 13.2 Å². The SMILES string of the molecule is CCOCCC1(CNC(=O)N2C[C@@H](C(F)(F)F)[C@H](C(=O)O)C2)CC1.